The summed E-state index contributed by atoms with van der Waals surface area (Å²) in [6.07, 6.45) is 0. The number of hydrogen-bond acceptors (Lipinski definition) is 7. The number of fused-ring (bicyclic) bond motifs is 1. The zero-order chi connectivity index (χ0) is 15.4. The van der Waals surface area contributed by atoms with Crippen molar-refractivity contribution in [1.82, 2.24) is 0 Å². The smallest absolute Gasteiger partial charge is 0.762 e. The first-order valence-corrected chi connectivity index (χ1v) is 6.48. The van der Waals surface area contributed by atoms with Crippen molar-refractivity contribution in [1.29, 1.82) is 0 Å². The van der Waals surface area contributed by atoms with Gasteiger partial charge < -0.3 is 37.0 Å². The fraction of sp³-hybridized carbons (Fsp3) is 0.231. The second-order valence-corrected chi connectivity index (χ2v) is 4.39. The van der Waals surface area contributed by atoms with E-state index >= 15 is 0 Å². The van der Waals surface area contributed by atoms with Gasteiger partial charge in [-0.2, -0.15) is 0 Å². The second kappa shape index (κ2) is 8.90. The van der Waals surface area contributed by atoms with Crippen LogP contribution in [0.4, 0.5) is 5.69 Å². The molecule has 1 aliphatic rings. The van der Waals surface area contributed by atoms with E-state index in [1.54, 1.807) is 25.1 Å². The molecule has 0 saturated heterocycles. The number of benzene rings is 1. The van der Waals surface area contributed by atoms with E-state index < -0.39 is 17.2 Å². The monoisotopic (exact) mass is 343 g/mol. The summed E-state index contributed by atoms with van der Waals surface area (Å²) in [5.41, 5.74) is -0.816. The quantitative estimate of drug-likeness (QED) is 0.163. The van der Waals surface area contributed by atoms with Gasteiger partial charge in [0, 0.05) is 11.8 Å². The summed E-state index contributed by atoms with van der Waals surface area (Å²) in [4.78, 5) is 23.0. The Hall–Kier alpha value is -0.579. The van der Waals surface area contributed by atoms with Crippen LogP contribution < -0.4 is 66.2 Å². The van der Waals surface area contributed by atoms with Crippen LogP contribution in [0.15, 0.2) is 28.8 Å². The van der Waals surface area contributed by atoms with E-state index in [0.717, 1.165) is 0 Å². The predicted octanol–water partition coefficient (Wildman–Crippen LogP) is -2.15. The maximum Gasteiger partial charge on any atom is 1.00 e. The van der Waals surface area contributed by atoms with Gasteiger partial charge in [0.2, 0.25) is 6.79 Å². The van der Waals surface area contributed by atoms with Gasteiger partial charge in [0.15, 0.2) is 19.3 Å². The van der Waals surface area contributed by atoms with E-state index in [1.807, 2.05) is 0 Å². The maximum atomic E-state index is 11.7. The van der Waals surface area contributed by atoms with Crippen molar-refractivity contribution < 1.29 is 75.2 Å². The number of anilines is 1. The molecule has 1 aliphatic heterocycles. The van der Waals surface area contributed by atoms with Crippen molar-refractivity contribution >= 4 is 37.8 Å². The molecule has 2 radical (unpaired) electrons. The molecule has 1 aromatic rings. The van der Waals surface area contributed by atoms with Crippen LogP contribution in [0, 0.1) is 0 Å². The Morgan fingerprint density at radius 2 is 2.05 bits per heavy atom. The molecule has 0 spiro atoms. The molecular formula is C13H11BKNO5S. The molecule has 0 atom stereocenters. The van der Waals surface area contributed by atoms with Crippen LogP contribution in [-0.4, -0.2) is 32.9 Å². The molecule has 0 aromatic heterocycles. The van der Waals surface area contributed by atoms with Gasteiger partial charge in [-0.05, 0) is 19.1 Å². The average Bonchev–Trinajstić information content (AvgIpc) is 2.85. The van der Waals surface area contributed by atoms with Crippen LogP contribution in [-0.2, 0) is 27.0 Å². The van der Waals surface area contributed by atoms with Gasteiger partial charge in [-0.15, -0.1) is 0 Å². The molecule has 1 N–H and O–H groups in total. The zero-order valence-electron chi connectivity index (χ0n) is 12.2. The Morgan fingerprint density at radius 3 is 2.68 bits per heavy atom. The van der Waals surface area contributed by atoms with E-state index in [9.17, 15) is 9.59 Å². The summed E-state index contributed by atoms with van der Waals surface area (Å²) in [7, 11) is 5.16. The minimum atomic E-state index is -0.952. The van der Waals surface area contributed by atoms with Crippen LogP contribution in [0.1, 0.15) is 6.92 Å². The minimum absolute atomic E-state index is 0. The minimum Gasteiger partial charge on any atom is -0.762 e. The predicted molar refractivity (Wildman–Crippen MR) is 78.0 cm³/mol. The third-order valence-corrected chi connectivity index (χ3v) is 2.89. The van der Waals surface area contributed by atoms with E-state index in [-0.39, 0.29) is 69.8 Å². The van der Waals surface area contributed by atoms with Crippen molar-refractivity contribution in [2.24, 2.45) is 0 Å². The fourth-order valence-electron chi connectivity index (χ4n) is 1.68. The summed E-state index contributed by atoms with van der Waals surface area (Å²) in [6.45, 7) is 1.87. The second-order valence-electron chi connectivity index (χ2n) is 3.98. The van der Waals surface area contributed by atoms with E-state index in [0.29, 0.717) is 17.2 Å². The first-order chi connectivity index (χ1) is 10.0. The summed E-state index contributed by atoms with van der Waals surface area (Å²) in [5, 5.41) is 2.64. The van der Waals surface area contributed by atoms with E-state index in [1.165, 1.54) is 0 Å². The number of nitrogens with one attached hydrogen (secondary N) is 1. The summed E-state index contributed by atoms with van der Waals surface area (Å²) < 4.78 is 15.1. The van der Waals surface area contributed by atoms with Gasteiger partial charge in [-0.25, -0.2) is 4.79 Å². The molecular weight excluding hydrogens is 332 g/mol. The zero-order valence-corrected chi connectivity index (χ0v) is 16.1. The number of carbonyl (C=O) groups is 2. The summed E-state index contributed by atoms with van der Waals surface area (Å²) >= 11 is 5.03. The maximum absolute atomic E-state index is 11.7. The number of hydrogen-bond donors (Lipinski definition) is 1. The van der Waals surface area contributed by atoms with Crippen molar-refractivity contribution in [3.05, 3.63) is 28.8 Å². The summed E-state index contributed by atoms with van der Waals surface area (Å²) in [5.74, 6) is 0.291. The molecule has 1 heterocycles. The number of rotatable bonds is 5. The normalized spacial score (nSPS) is 12.8. The van der Waals surface area contributed by atoms with Crippen LogP contribution in [0.3, 0.4) is 0 Å². The Morgan fingerprint density at radius 1 is 1.36 bits per heavy atom. The molecule has 0 saturated carbocycles. The molecule has 108 valence electrons. The topological polar surface area (TPSA) is 73.9 Å². The van der Waals surface area contributed by atoms with Crippen LogP contribution in [0.5, 0.6) is 11.5 Å². The Kier molecular flexibility index (Phi) is 7.87. The van der Waals surface area contributed by atoms with Gasteiger partial charge in [0.25, 0.3) is 0 Å². The average molecular weight is 343 g/mol. The Balaban J connectivity index is 0.00000242. The van der Waals surface area contributed by atoms with Crippen LogP contribution in [0.2, 0.25) is 0 Å². The largest absolute Gasteiger partial charge is 1.00 e. The number of ether oxygens (including phenoxy) is 3. The third kappa shape index (κ3) is 4.71. The molecule has 1 aromatic carbocycles. The molecule has 22 heavy (non-hydrogen) atoms. The van der Waals surface area contributed by atoms with Gasteiger partial charge in [-0.3, -0.25) is 0 Å². The fourth-order valence-corrected chi connectivity index (χ4v) is 1.98. The first-order valence-electron chi connectivity index (χ1n) is 6.07. The van der Waals surface area contributed by atoms with Gasteiger partial charge >= 0.3 is 57.4 Å². The Labute approximate surface area is 177 Å². The number of carbonyl (C=O) groups excluding carboxylic acids is 2. The van der Waals surface area contributed by atoms with Crippen molar-refractivity contribution in [2.45, 2.75) is 6.92 Å². The van der Waals surface area contributed by atoms with Crippen molar-refractivity contribution in [3.63, 3.8) is 0 Å². The molecule has 0 aliphatic carbocycles. The van der Waals surface area contributed by atoms with Crippen LogP contribution in [0.25, 0.3) is 0 Å². The SMILES string of the molecule is [B]C(=O)/C(C(=O)OCC)=C(/[S-])Nc1ccc2c(c1)OCO2.[K+]. The molecule has 0 fully saturated rings. The van der Waals surface area contributed by atoms with Gasteiger partial charge in [-0.1, -0.05) is 5.03 Å². The van der Waals surface area contributed by atoms with Gasteiger partial charge in [0.05, 0.1) is 12.2 Å². The molecule has 2 rings (SSSR count). The molecule has 0 amide bonds. The first kappa shape index (κ1) is 19.5. The van der Waals surface area contributed by atoms with E-state index in [2.05, 4.69) is 5.32 Å². The van der Waals surface area contributed by atoms with Gasteiger partial charge in [0.1, 0.15) is 5.68 Å². The molecule has 0 bridgehead atoms. The van der Waals surface area contributed by atoms with Crippen molar-refractivity contribution in [2.75, 3.05) is 18.7 Å². The standard InChI is InChI=1S/C13H12BNO5S.K/c1-2-18-13(17)10(11(14)16)12(21)15-7-3-4-8-9(5-7)20-6-19-8;/h3-5,15,21H,2,6H2,1H3;/q;+1/p-1/b12-10-;. The molecule has 9 heteroatoms. The van der Waals surface area contributed by atoms with Crippen molar-refractivity contribution in [3.8, 4) is 11.5 Å². The summed E-state index contributed by atoms with van der Waals surface area (Å²) in [6, 6.07) is 4.99. The third-order valence-electron chi connectivity index (χ3n) is 2.58. The van der Waals surface area contributed by atoms with E-state index in [4.69, 9.17) is 34.7 Å². The molecule has 0 unspecified atom stereocenters. The molecule has 6 nitrogen and oxygen atoms in total. The number of esters is 1. The van der Waals surface area contributed by atoms with Crippen LogP contribution >= 0.6 is 0 Å². The Bertz CT molecular complexity index is 622.